The predicted molar refractivity (Wildman–Crippen MR) is 124 cm³/mol. The number of hydrogen-bond acceptors (Lipinski definition) is 3. The van der Waals surface area contributed by atoms with Crippen LogP contribution in [0.2, 0.25) is 0 Å². The number of fused-ring (bicyclic) bond motifs is 2. The van der Waals surface area contributed by atoms with E-state index in [9.17, 15) is 5.11 Å². The van der Waals surface area contributed by atoms with Crippen molar-refractivity contribution >= 4 is 51.4 Å². The molecule has 1 aromatic heterocycles. The normalized spacial score (nSPS) is 16.8. The quantitative estimate of drug-likeness (QED) is 0.286. The zero-order valence-corrected chi connectivity index (χ0v) is 18.3. The maximum Gasteiger partial charge on any atom is 0.191 e. The van der Waals surface area contributed by atoms with E-state index in [0.29, 0.717) is 12.5 Å². The van der Waals surface area contributed by atoms with Gasteiger partial charge in [-0.1, -0.05) is 42.5 Å². The number of guanidine groups is 1. The second kappa shape index (κ2) is 9.03. The van der Waals surface area contributed by atoms with E-state index in [4.69, 9.17) is 0 Å². The molecule has 4 rings (SSSR count). The van der Waals surface area contributed by atoms with Crippen LogP contribution in [0.4, 0.5) is 0 Å². The topological polar surface area (TPSA) is 56.7 Å². The third-order valence-corrected chi connectivity index (χ3v) is 6.15. The molecule has 3 aromatic rings. The Labute approximate surface area is 180 Å². The highest BCUT2D eigenvalue weighted by Crippen LogP contribution is 2.34. The average molecular weight is 493 g/mol. The fourth-order valence-corrected chi connectivity index (χ4v) is 4.50. The molecule has 2 aromatic carbocycles. The third-order valence-electron chi connectivity index (χ3n) is 4.94. The van der Waals surface area contributed by atoms with Crippen molar-refractivity contribution in [3.8, 4) is 0 Å². The second-order valence-corrected chi connectivity index (χ2v) is 7.75. The van der Waals surface area contributed by atoms with Crippen LogP contribution in [0.5, 0.6) is 0 Å². The summed E-state index contributed by atoms with van der Waals surface area (Å²) in [5.41, 5.74) is 2.88. The molecular formula is C21H24IN3OS. The summed E-state index contributed by atoms with van der Waals surface area (Å²) >= 11 is 1.64. The molecule has 1 aliphatic rings. The lowest BCUT2D eigenvalue weighted by molar-refractivity contribution is 0.184. The summed E-state index contributed by atoms with van der Waals surface area (Å²) in [5.74, 6) is 1.27. The van der Waals surface area contributed by atoms with E-state index in [0.717, 1.165) is 23.8 Å². The monoisotopic (exact) mass is 493 g/mol. The number of benzene rings is 2. The summed E-state index contributed by atoms with van der Waals surface area (Å²) in [4.78, 5) is 5.24. The van der Waals surface area contributed by atoms with Gasteiger partial charge in [-0.2, -0.15) is 0 Å². The SMILES string of the molecule is CN=C(NCC(O)c1cc2ccccc2s1)NCC1Cc2ccccc21.I. The lowest BCUT2D eigenvalue weighted by Gasteiger charge is -2.30. The lowest BCUT2D eigenvalue weighted by atomic mass is 9.78. The number of aliphatic imine (C=N–C) groups is 1. The fraction of sp³-hybridized carbons (Fsp3) is 0.286. The molecule has 0 bridgehead atoms. The predicted octanol–water partition coefficient (Wildman–Crippen LogP) is 4.06. The van der Waals surface area contributed by atoms with Gasteiger partial charge in [0.25, 0.3) is 0 Å². The van der Waals surface area contributed by atoms with Crippen molar-refractivity contribution in [3.63, 3.8) is 0 Å². The molecule has 3 N–H and O–H groups in total. The molecule has 6 heteroatoms. The Balaban J connectivity index is 0.00000210. The van der Waals surface area contributed by atoms with E-state index in [1.807, 2.05) is 12.1 Å². The van der Waals surface area contributed by atoms with Crippen LogP contribution >= 0.6 is 35.3 Å². The highest BCUT2D eigenvalue weighted by Gasteiger charge is 2.25. The van der Waals surface area contributed by atoms with Crippen molar-refractivity contribution in [1.82, 2.24) is 10.6 Å². The first kappa shape index (κ1) is 20.1. The average Bonchev–Trinajstić information content (AvgIpc) is 3.09. The first-order chi connectivity index (χ1) is 12.7. The molecule has 0 aliphatic heterocycles. The molecule has 2 unspecified atom stereocenters. The van der Waals surface area contributed by atoms with Crippen LogP contribution in [0.15, 0.2) is 59.6 Å². The molecule has 0 saturated carbocycles. The summed E-state index contributed by atoms with van der Waals surface area (Å²) in [7, 11) is 1.76. The lowest BCUT2D eigenvalue weighted by Crippen LogP contribution is -2.42. The van der Waals surface area contributed by atoms with E-state index in [2.05, 4.69) is 58.1 Å². The minimum atomic E-state index is -0.546. The molecule has 2 atom stereocenters. The Hall–Kier alpha value is -1.64. The molecule has 0 saturated heterocycles. The van der Waals surface area contributed by atoms with Crippen molar-refractivity contribution in [3.05, 3.63) is 70.6 Å². The van der Waals surface area contributed by atoms with Gasteiger partial charge in [-0.25, -0.2) is 0 Å². The molecule has 0 spiro atoms. The first-order valence-electron chi connectivity index (χ1n) is 8.93. The Kier molecular flexibility index (Phi) is 6.73. The highest BCUT2D eigenvalue weighted by atomic mass is 127. The molecule has 0 amide bonds. The van der Waals surface area contributed by atoms with Gasteiger partial charge in [-0.3, -0.25) is 4.99 Å². The maximum absolute atomic E-state index is 10.5. The van der Waals surface area contributed by atoms with E-state index in [-0.39, 0.29) is 24.0 Å². The zero-order chi connectivity index (χ0) is 17.9. The van der Waals surface area contributed by atoms with Crippen LogP contribution < -0.4 is 10.6 Å². The number of aliphatic hydroxyl groups excluding tert-OH is 1. The molecule has 0 radical (unpaired) electrons. The van der Waals surface area contributed by atoms with Crippen molar-refractivity contribution in [2.75, 3.05) is 20.1 Å². The van der Waals surface area contributed by atoms with Crippen molar-refractivity contribution in [2.24, 2.45) is 4.99 Å². The van der Waals surface area contributed by atoms with Gasteiger partial charge in [0.15, 0.2) is 5.96 Å². The van der Waals surface area contributed by atoms with Crippen molar-refractivity contribution < 1.29 is 5.11 Å². The number of hydrogen-bond donors (Lipinski definition) is 3. The number of rotatable bonds is 5. The van der Waals surface area contributed by atoms with Gasteiger partial charge in [0.2, 0.25) is 0 Å². The van der Waals surface area contributed by atoms with Gasteiger partial charge in [0.05, 0.1) is 0 Å². The van der Waals surface area contributed by atoms with Gasteiger partial charge in [-0.05, 0) is 35.1 Å². The molecule has 27 heavy (non-hydrogen) atoms. The van der Waals surface area contributed by atoms with E-state index in [1.165, 1.54) is 21.2 Å². The minimum Gasteiger partial charge on any atom is -0.386 e. The number of nitrogens with zero attached hydrogens (tertiary/aromatic N) is 1. The Bertz CT molecular complexity index is 907. The number of halogens is 1. The summed E-state index contributed by atoms with van der Waals surface area (Å²) in [6, 6.07) is 18.9. The van der Waals surface area contributed by atoms with Crippen molar-refractivity contribution in [2.45, 2.75) is 18.4 Å². The smallest absolute Gasteiger partial charge is 0.191 e. The first-order valence-corrected chi connectivity index (χ1v) is 9.75. The van der Waals surface area contributed by atoms with Crippen LogP contribution in [-0.2, 0) is 6.42 Å². The van der Waals surface area contributed by atoms with Crippen LogP contribution in [0.25, 0.3) is 10.1 Å². The fourth-order valence-electron chi connectivity index (χ4n) is 3.45. The number of aliphatic hydroxyl groups is 1. The van der Waals surface area contributed by atoms with Gasteiger partial charge >= 0.3 is 0 Å². The summed E-state index contributed by atoms with van der Waals surface area (Å²) in [5, 5.41) is 18.3. The maximum atomic E-state index is 10.5. The van der Waals surface area contributed by atoms with Crippen LogP contribution in [-0.4, -0.2) is 31.2 Å². The van der Waals surface area contributed by atoms with E-state index in [1.54, 1.807) is 18.4 Å². The van der Waals surface area contributed by atoms with E-state index < -0.39 is 6.10 Å². The Morgan fingerprint density at radius 2 is 1.96 bits per heavy atom. The number of thiophene rings is 1. The standard InChI is InChI=1S/C21H23N3OS.HI/c1-22-21(23-12-16-10-14-6-2-4-8-17(14)16)24-13-18(25)20-11-15-7-3-5-9-19(15)26-20;/h2-9,11,16,18,25H,10,12-13H2,1H3,(H2,22,23,24);1H. The van der Waals surface area contributed by atoms with Crippen LogP contribution in [0.3, 0.4) is 0 Å². The molecule has 0 fully saturated rings. The van der Waals surface area contributed by atoms with Crippen LogP contribution in [0.1, 0.15) is 28.0 Å². The molecule has 1 heterocycles. The second-order valence-electron chi connectivity index (χ2n) is 6.64. The molecule has 142 valence electrons. The third kappa shape index (κ3) is 4.44. The van der Waals surface area contributed by atoms with Crippen LogP contribution in [0, 0.1) is 0 Å². The Morgan fingerprint density at radius 1 is 1.19 bits per heavy atom. The van der Waals surface area contributed by atoms with Crippen molar-refractivity contribution in [1.29, 1.82) is 0 Å². The largest absolute Gasteiger partial charge is 0.386 e. The van der Waals surface area contributed by atoms with E-state index >= 15 is 0 Å². The van der Waals surface area contributed by atoms with Gasteiger partial charge in [0, 0.05) is 35.6 Å². The molecular weight excluding hydrogens is 469 g/mol. The summed E-state index contributed by atoms with van der Waals surface area (Å²) in [6.45, 7) is 1.30. The Morgan fingerprint density at radius 3 is 2.74 bits per heavy atom. The minimum absolute atomic E-state index is 0. The highest BCUT2D eigenvalue weighted by molar-refractivity contribution is 14.0. The van der Waals surface area contributed by atoms with Gasteiger partial charge in [0.1, 0.15) is 6.10 Å². The summed E-state index contributed by atoms with van der Waals surface area (Å²) < 4.78 is 1.20. The van der Waals surface area contributed by atoms with Gasteiger partial charge < -0.3 is 15.7 Å². The molecule has 1 aliphatic carbocycles. The summed E-state index contributed by atoms with van der Waals surface area (Å²) in [6.07, 6.45) is 0.570. The van der Waals surface area contributed by atoms with Gasteiger partial charge in [-0.15, -0.1) is 35.3 Å². The molecule has 4 nitrogen and oxygen atoms in total. The zero-order valence-electron chi connectivity index (χ0n) is 15.2. The number of nitrogens with one attached hydrogen (secondary N) is 2.